The molecule has 4 nitrogen and oxygen atoms in total. The molecule has 0 bridgehead atoms. The van der Waals surface area contributed by atoms with Crippen molar-refractivity contribution in [2.24, 2.45) is 5.92 Å². The first-order chi connectivity index (χ1) is 12.1. The fourth-order valence-corrected chi connectivity index (χ4v) is 4.99. The van der Waals surface area contributed by atoms with Gasteiger partial charge < -0.3 is 0 Å². The van der Waals surface area contributed by atoms with Gasteiger partial charge in [-0.1, -0.05) is 70.1 Å². The molecule has 1 amide bonds. The number of carbonyl (C=O) groups is 1. The van der Waals surface area contributed by atoms with E-state index >= 15 is 0 Å². The van der Waals surface area contributed by atoms with E-state index in [0.29, 0.717) is 13.0 Å². The number of hydrogen-bond donors (Lipinski definition) is 0. The molecule has 1 aromatic rings. The molecule has 1 aliphatic rings. The van der Waals surface area contributed by atoms with Crippen molar-refractivity contribution >= 4 is 15.9 Å². The van der Waals surface area contributed by atoms with Gasteiger partial charge in [-0.3, -0.25) is 4.79 Å². The molecule has 0 spiro atoms. The van der Waals surface area contributed by atoms with Gasteiger partial charge in [0, 0.05) is 12.5 Å². The van der Waals surface area contributed by atoms with E-state index in [2.05, 4.69) is 0 Å². The third kappa shape index (κ3) is 5.56. The van der Waals surface area contributed by atoms with E-state index in [-0.39, 0.29) is 16.7 Å². The Balaban J connectivity index is 2.26. The Morgan fingerprint density at radius 2 is 1.48 bits per heavy atom. The van der Waals surface area contributed by atoms with Crippen molar-refractivity contribution in [2.75, 3.05) is 6.54 Å². The Morgan fingerprint density at radius 3 is 2.08 bits per heavy atom. The van der Waals surface area contributed by atoms with Crippen LogP contribution in [0.2, 0.25) is 0 Å². The standard InChI is InChI=1S/C20H31NO3S/c1-2-18-14-10-7-5-3-4-6-8-13-17-21(20(18)22)25(23,24)19-15-11-9-12-16-19/h9,11-12,15-16,18H,2-8,10,13-14,17H2,1H3. The summed E-state index contributed by atoms with van der Waals surface area (Å²) < 4.78 is 27.3. The van der Waals surface area contributed by atoms with Crippen LogP contribution < -0.4 is 0 Å². The molecule has 2 rings (SSSR count). The first-order valence-corrected chi connectivity index (χ1v) is 11.1. The summed E-state index contributed by atoms with van der Waals surface area (Å²) in [6.07, 6.45) is 10.1. The van der Waals surface area contributed by atoms with Crippen LogP contribution in [0.1, 0.15) is 71.1 Å². The Bertz CT molecular complexity index is 628. The minimum Gasteiger partial charge on any atom is -0.273 e. The van der Waals surface area contributed by atoms with E-state index in [1.54, 1.807) is 30.3 Å². The molecule has 0 radical (unpaired) electrons. The molecule has 25 heavy (non-hydrogen) atoms. The summed E-state index contributed by atoms with van der Waals surface area (Å²) in [5.74, 6) is -0.412. The monoisotopic (exact) mass is 365 g/mol. The van der Waals surface area contributed by atoms with Gasteiger partial charge in [-0.25, -0.2) is 12.7 Å². The van der Waals surface area contributed by atoms with Crippen molar-refractivity contribution < 1.29 is 13.2 Å². The lowest BCUT2D eigenvalue weighted by atomic mass is 9.97. The molecular formula is C20H31NO3S. The van der Waals surface area contributed by atoms with Gasteiger partial charge >= 0.3 is 0 Å². The van der Waals surface area contributed by atoms with E-state index in [9.17, 15) is 13.2 Å². The zero-order valence-electron chi connectivity index (χ0n) is 15.3. The quantitative estimate of drug-likeness (QED) is 0.776. The number of benzene rings is 1. The number of sulfonamides is 1. The summed E-state index contributed by atoms with van der Waals surface area (Å²) in [6, 6.07) is 8.34. The number of nitrogens with zero attached hydrogens (tertiary/aromatic N) is 1. The minimum absolute atomic E-state index is 0.195. The zero-order valence-corrected chi connectivity index (χ0v) is 16.1. The highest BCUT2D eigenvalue weighted by Gasteiger charge is 2.32. The first-order valence-electron chi connectivity index (χ1n) is 9.69. The van der Waals surface area contributed by atoms with Crippen molar-refractivity contribution in [3.8, 4) is 0 Å². The largest absolute Gasteiger partial charge is 0.273 e. The zero-order chi connectivity index (χ0) is 18.1. The van der Waals surface area contributed by atoms with Gasteiger partial charge in [-0.05, 0) is 31.4 Å². The second-order valence-corrected chi connectivity index (χ2v) is 8.81. The van der Waals surface area contributed by atoms with Crippen LogP contribution in [0.15, 0.2) is 35.2 Å². The smallest absolute Gasteiger partial charge is 0.266 e. The van der Waals surface area contributed by atoms with Crippen molar-refractivity contribution in [1.29, 1.82) is 0 Å². The van der Waals surface area contributed by atoms with Gasteiger partial charge in [0.2, 0.25) is 5.91 Å². The number of carbonyl (C=O) groups excluding carboxylic acids is 1. The summed E-state index contributed by atoms with van der Waals surface area (Å²) in [6.45, 7) is 2.28. The van der Waals surface area contributed by atoms with Gasteiger partial charge in [-0.2, -0.15) is 0 Å². The molecule has 0 N–H and O–H groups in total. The molecule has 1 saturated heterocycles. The summed E-state index contributed by atoms with van der Waals surface area (Å²) >= 11 is 0. The predicted octanol–water partition coefficient (Wildman–Crippen LogP) is 4.75. The Kier molecular flexibility index (Phi) is 7.94. The van der Waals surface area contributed by atoms with Crippen LogP contribution in [0.5, 0.6) is 0 Å². The molecular weight excluding hydrogens is 334 g/mol. The molecule has 1 fully saturated rings. The third-order valence-corrected chi connectivity index (χ3v) is 6.89. The molecule has 1 heterocycles. The molecule has 140 valence electrons. The van der Waals surface area contributed by atoms with Crippen LogP contribution in [-0.4, -0.2) is 25.2 Å². The van der Waals surface area contributed by atoms with E-state index in [0.717, 1.165) is 42.8 Å². The van der Waals surface area contributed by atoms with Crippen molar-refractivity contribution in [1.82, 2.24) is 4.31 Å². The SMILES string of the molecule is CCC1CCCCCCCCCCN(S(=O)(=O)c2ccccc2)C1=O. The van der Waals surface area contributed by atoms with Crippen molar-refractivity contribution in [3.63, 3.8) is 0 Å². The highest BCUT2D eigenvalue weighted by atomic mass is 32.2. The lowest BCUT2D eigenvalue weighted by Gasteiger charge is -2.26. The highest BCUT2D eigenvalue weighted by molar-refractivity contribution is 7.89. The van der Waals surface area contributed by atoms with Crippen LogP contribution in [0.4, 0.5) is 0 Å². The Hall–Kier alpha value is -1.36. The normalized spacial score (nSPS) is 21.9. The molecule has 1 atom stereocenters. The summed E-state index contributed by atoms with van der Waals surface area (Å²) in [5, 5.41) is 0. The van der Waals surface area contributed by atoms with Crippen LogP contribution in [0, 0.1) is 5.92 Å². The average Bonchev–Trinajstić information content (AvgIpc) is 2.64. The van der Waals surface area contributed by atoms with Crippen LogP contribution in [0.3, 0.4) is 0 Å². The third-order valence-electron chi connectivity index (χ3n) is 5.08. The molecule has 0 aliphatic carbocycles. The summed E-state index contributed by atoms with van der Waals surface area (Å²) in [7, 11) is -3.77. The lowest BCUT2D eigenvalue weighted by molar-refractivity contribution is -0.131. The van der Waals surface area contributed by atoms with Crippen molar-refractivity contribution in [2.45, 2.75) is 76.0 Å². The maximum absolute atomic E-state index is 13.0. The number of hydrogen-bond acceptors (Lipinski definition) is 3. The fourth-order valence-electron chi connectivity index (χ4n) is 3.48. The Morgan fingerprint density at radius 1 is 0.920 bits per heavy atom. The average molecular weight is 366 g/mol. The van der Waals surface area contributed by atoms with Gasteiger partial charge in [-0.15, -0.1) is 0 Å². The van der Waals surface area contributed by atoms with Gasteiger partial charge in [0.15, 0.2) is 0 Å². The van der Waals surface area contributed by atoms with Crippen molar-refractivity contribution in [3.05, 3.63) is 30.3 Å². The lowest BCUT2D eigenvalue weighted by Crippen LogP contribution is -2.41. The van der Waals surface area contributed by atoms with E-state index in [1.165, 1.54) is 19.3 Å². The number of rotatable bonds is 3. The summed E-state index contributed by atoms with van der Waals surface area (Å²) in [4.78, 5) is 13.3. The van der Waals surface area contributed by atoms with E-state index in [4.69, 9.17) is 0 Å². The molecule has 0 saturated carbocycles. The highest BCUT2D eigenvalue weighted by Crippen LogP contribution is 2.24. The van der Waals surface area contributed by atoms with Crippen LogP contribution in [-0.2, 0) is 14.8 Å². The van der Waals surface area contributed by atoms with E-state index < -0.39 is 10.0 Å². The maximum Gasteiger partial charge on any atom is 0.266 e. The Labute approximate surface area is 152 Å². The first kappa shape index (κ1) is 20.0. The predicted molar refractivity (Wildman–Crippen MR) is 101 cm³/mol. The van der Waals surface area contributed by atoms with E-state index in [1.807, 2.05) is 6.92 Å². The van der Waals surface area contributed by atoms with Gasteiger partial charge in [0.05, 0.1) is 4.90 Å². The van der Waals surface area contributed by atoms with Gasteiger partial charge in [0.25, 0.3) is 10.0 Å². The summed E-state index contributed by atoms with van der Waals surface area (Å²) in [5.41, 5.74) is 0. The molecule has 1 unspecified atom stereocenters. The minimum atomic E-state index is -3.77. The maximum atomic E-state index is 13.0. The molecule has 1 aromatic carbocycles. The fraction of sp³-hybridized carbons (Fsp3) is 0.650. The van der Waals surface area contributed by atoms with Crippen LogP contribution in [0.25, 0.3) is 0 Å². The topological polar surface area (TPSA) is 54.5 Å². The number of amides is 1. The van der Waals surface area contributed by atoms with Crippen LogP contribution >= 0.6 is 0 Å². The molecule has 0 aromatic heterocycles. The molecule has 5 heteroatoms. The molecule has 1 aliphatic heterocycles. The second kappa shape index (κ2) is 9.95. The van der Waals surface area contributed by atoms with Gasteiger partial charge in [0.1, 0.15) is 0 Å². The second-order valence-electron chi connectivity index (χ2n) is 6.95.